The van der Waals surface area contributed by atoms with E-state index in [1.807, 2.05) is 30.3 Å². The number of pyridine rings is 1. The van der Waals surface area contributed by atoms with Crippen molar-refractivity contribution in [1.82, 2.24) is 20.1 Å². The molecule has 0 saturated carbocycles. The van der Waals surface area contributed by atoms with Crippen molar-refractivity contribution in [2.45, 2.75) is 31.7 Å². The van der Waals surface area contributed by atoms with Crippen molar-refractivity contribution >= 4 is 39.7 Å². The maximum Gasteiger partial charge on any atom is 0.414 e. The normalized spacial score (nSPS) is 13.6. The number of hydrogen-bond donors (Lipinski definition) is 4. The van der Waals surface area contributed by atoms with E-state index in [0.29, 0.717) is 21.9 Å². The molecule has 250 valence electrons. The number of hydrogen-bond acceptors (Lipinski definition) is 8. The lowest BCUT2D eigenvalue weighted by atomic mass is 10.0. The molecule has 12 nitrogen and oxygen atoms in total. The van der Waals surface area contributed by atoms with Crippen LogP contribution in [0.15, 0.2) is 65.5 Å². The minimum atomic E-state index is -1.82. The van der Waals surface area contributed by atoms with Crippen LogP contribution >= 0.6 is 0 Å². The van der Waals surface area contributed by atoms with Gasteiger partial charge in [-0.15, -0.1) is 0 Å². The highest BCUT2D eigenvalue weighted by Gasteiger charge is 2.22. The van der Waals surface area contributed by atoms with Crippen molar-refractivity contribution in [2.24, 2.45) is 0 Å². The fourth-order valence-corrected chi connectivity index (χ4v) is 5.73. The summed E-state index contributed by atoms with van der Waals surface area (Å²) in [5.74, 6) is -2.25. The number of likely N-dealkylation sites (N-methyl/N-ethyl adjacent to an activating group) is 1. The van der Waals surface area contributed by atoms with E-state index in [1.165, 1.54) is 5.56 Å². The second-order valence-electron chi connectivity index (χ2n) is 11.5. The van der Waals surface area contributed by atoms with E-state index in [4.69, 9.17) is 29.3 Å². The molecule has 0 spiro atoms. The molecule has 1 aliphatic heterocycles. The zero-order valence-electron chi connectivity index (χ0n) is 27.0. The van der Waals surface area contributed by atoms with Crippen molar-refractivity contribution < 1.29 is 34.1 Å². The Balaban J connectivity index is 0.000000762. The number of nitrogens with zero attached hydrogens (tertiary/aromatic N) is 2. The number of fused-ring (bicyclic) bond motifs is 2. The van der Waals surface area contributed by atoms with E-state index in [1.54, 1.807) is 32.4 Å². The number of H-pyrrole nitrogens is 1. The van der Waals surface area contributed by atoms with Crippen molar-refractivity contribution in [2.75, 3.05) is 54.0 Å². The summed E-state index contributed by atoms with van der Waals surface area (Å²) in [6, 6.07) is 19.0. The Morgan fingerprint density at radius 3 is 2.28 bits per heavy atom. The third kappa shape index (κ3) is 9.30. The minimum absolute atomic E-state index is 0.0519. The first-order chi connectivity index (χ1) is 22.6. The van der Waals surface area contributed by atoms with E-state index >= 15 is 0 Å². The summed E-state index contributed by atoms with van der Waals surface area (Å²) in [5, 5.41) is 19.2. The number of carbonyl (C=O) groups excluding carboxylic acids is 1. The highest BCUT2D eigenvalue weighted by molar-refractivity contribution is 6.27. The van der Waals surface area contributed by atoms with Crippen LogP contribution in [0, 0.1) is 0 Å². The zero-order chi connectivity index (χ0) is 33.9. The second-order valence-corrected chi connectivity index (χ2v) is 11.5. The predicted octanol–water partition coefficient (Wildman–Crippen LogP) is 3.61. The van der Waals surface area contributed by atoms with Crippen LogP contribution in [0.25, 0.3) is 21.8 Å². The molecule has 1 aromatic heterocycles. The standard InChI is InChI=1S/C33H40N4O4.C2H2O4/c1-36(19-14-23-12-13-29(40-2)30(22-23)41-3)17-7-18-37-20-15-24(16-21-37)34-33(39)27-10-6-9-26-31(27)35-28-11-5-4-8-25(28)32(26)38;3-1(4)2(5)6/h4-6,8-13,22,24H,7,14-21H2,1-3H3,(H,34,39)(H,35,38);(H,3,4)(H,5,6). The number of ether oxygens (including phenoxy) is 2. The van der Waals surface area contributed by atoms with Crippen LogP contribution in [-0.2, 0) is 16.0 Å². The average molecular weight is 647 g/mol. The van der Waals surface area contributed by atoms with Gasteiger partial charge in [0.25, 0.3) is 5.91 Å². The molecule has 1 amide bonds. The summed E-state index contributed by atoms with van der Waals surface area (Å²) in [4.78, 5) is 52.7. The summed E-state index contributed by atoms with van der Waals surface area (Å²) in [7, 11) is 5.49. The molecular weight excluding hydrogens is 604 g/mol. The van der Waals surface area contributed by atoms with Crippen LogP contribution in [0.2, 0.25) is 0 Å². The summed E-state index contributed by atoms with van der Waals surface area (Å²) < 4.78 is 10.8. The smallest absolute Gasteiger partial charge is 0.414 e. The molecule has 0 atom stereocenters. The number of aromatic nitrogens is 1. The number of piperidine rings is 1. The van der Waals surface area contributed by atoms with Gasteiger partial charge in [0.2, 0.25) is 0 Å². The number of carboxylic acid groups (broad SMARTS) is 2. The van der Waals surface area contributed by atoms with Crippen LogP contribution in [0.5, 0.6) is 11.5 Å². The van der Waals surface area contributed by atoms with Gasteiger partial charge in [0, 0.05) is 42.0 Å². The Morgan fingerprint density at radius 2 is 1.60 bits per heavy atom. The number of likely N-dealkylation sites (tertiary alicyclic amines) is 1. The van der Waals surface area contributed by atoms with Crippen molar-refractivity contribution in [1.29, 1.82) is 0 Å². The highest BCUT2D eigenvalue weighted by Crippen LogP contribution is 2.27. The van der Waals surface area contributed by atoms with Gasteiger partial charge in [-0.2, -0.15) is 0 Å². The maximum absolute atomic E-state index is 13.3. The maximum atomic E-state index is 13.3. The quantitative estimate of drug-likeness (QED) is 0.140. The number of methoxy groups -OCH3 is 2. The topological polar surface area (TPSA) is 162 Å². The fourth-order valence-electron chi connectivity index (χ4n) is 5.73. The first-order valence-corrected chi connectivity index (χ1v) is 15.5. The lowest BCUT2D eigenvalue weighted by Crippen LogP contribution is -2.45. The van der Waals surface area contributed by atoms with E-state index < -0.39 is 11.9 Å². The Morgan fingerprint density at radius 1 is 0.915 bits per heavy atom. The van der Waals surface area contributed by atoms with Crippen molar-refractivity contribution in [3.63, 3.8) is 0 Å². The lowest BCUT2D eigenvalue weighted by Gasteiger charge is -2.32. The van der Waals surface area contributed by atoms with Gasteiger partial charge >= 0.3 is 11.9 Å². The number of rotatable bonds is 11. The number of carboxylic acids is 2. The number of aliphatic carboxylic acids is 2. The van der Waals surface area contributed by atoms with Gasteiger partial charge in [0.05, 0.1) is 25.3 Å². The number of benzene rings is 3. The fraction of sp³-hybridized carbons (Fsp3) is 0.371. The van der Waals surface area contributed by atoms with Crippen LogP contribution in [0.4, 0.5) is 0 Å². The number of amides is 1. The molecule has 47 heavy (non-hydrogen) atoms. The third-order valence-corrected chi connectivity index (χ3v) is 8.34. The van der Waals surface area contributed by atoms with E-state index in [-0.39, 0.29) is 17.4 Å². The number of carbonyl (C=O) groups is 3. The molecule has 1 fully saturated rings. The Labute approximate surface area is 272 Å². The number of para-hydroxylation sites is 2. The molecule has 1 aliphatic rings. The molecule has 2 heterocycles. The largest absolute Gasteiger partial charge is 0.493 e. The highest BCUT2D eigenvalue weighted by atomic mass is 16.5. The van der Waals surface area contributed by atoms with Crippen LogP contribution in [0.3, 0.4) is 0 Å². The van der Waals surface area contributed by atoms with Gasteiger partial charge in [-0.25, -0.2) is 9.59 Å². The molecule has 5 rings (SSSR count). The molecule has 0 unspecified atom stereocenters. The molecule has 12 heteroatoms. The molecule has 0 aliphatic carbocycles. The summed E-state index contributed by atoms with van der Waals surface area (Å²) in [6.07, 6.45) is 3.91. The summed E-state index contributed by atoms with van der Waals surface area (Å²) >= 11 is 0. The minimum Gasteiger partial charge on any atom is -0.493 e. The second kappa shape index (κ2) is 16.6. The summed E-state index contributed by atoms with van der Waals surface area (Å²) in [6.45, 7) is 5.02. The lowest BCUT2D eigenvalue weighted by molar-refractivity contribution is -0.159. The monoisotopic (exact) mass is 646 g/mol. The van der Waals surface area contributed by atoms with Crippen molar-refractivity contribution in [3.05, 3.63) is 82.0 Å². The third-order valence-electron chi connectivity index (χ3n) is 8.34. The van der Waals surface area contributed by atoms with Crippen molar-refractivity contribution in [3.8, 4) is 11.5 Å². The molecule has 4 N–H and O–H groups in total. The van der Waals surface area contributed by atoms with Crippen LogP contribution in [-0.4, -0.2) is 103 Å². The van der Waals surface area contributed by atoms with Gasteiger partial charge in [0.15, 0.2) is 16.9 Å². The molecule has 0 bridgehead atoms. The van der Waals surface area contributed by atoms with Crippen LogP contribution < -0.4 is 20.2 Å². The zero-order valence-corrected chi connectivity index (χ0v) is 27.0. The van der Waals surface area contributed by atoms with Crippen LogP contribution in [0.1, 0.15) is 35.2 Å². The van der Waals surface area contributed by atoms with E-state index in [9.17, 15) is 9.59 Å². The SMILES string of the molecule is COc1ccc(CCN(C)CCCN2CCC(NC(=O)c3cccc4c(=O)c5ccccc5[nH]c34)CC2)cc1OC.O=C(O)C(=O)O. The molecule has 3 aromatic carbocycles. The molecule has 1 saturated heterocycles. The van der Waals surface area contributed by atoms with Gasteiger partial charge in [-0.05, 0) is 87.8 Å². The van der Waals surface area contributed by atoms with E-state index in [2.05, 4.69) is 39.3 Å². The van der Waals surface area contributed by atoms with Gasteiger partial charge < -0.3 is 39.8 Å². The molecule has 0 radical (unpaired) electrons. The Hall–Kier alpha value is -4.94. The Kier molecular flexibility index (Phi) is 12.3. The first-order valence-electron chi connectivity index (χ1n) is 15.5. The van der Waals surface area contributed by atoms with Gasteiger partial charge in [-0.1, -0.05) is 24.3 Å². The number of aromatic amines is 1. The molecule has 4 aromatic rings. The van der Waals surface area contributed by atoms with E-state index in [0.717, 1.165) is 75.4 Å². The van der Waals surface area contributed by atoms with Gasteiger partial charge in [0.1, 0.15) is 0 Å². The summed E-state index contributed by atoms with van der Waals surface area (Å²) in [5.41, 5.74) is 3.04. The molecular formula is C35H42N4O8. The number of nitrogens with one attached hydrogen (secondary N) is 2. The first kappa shape index (κ1) is 34.9. The predicted molar refractivity (Wildman–Crippen MR) is 180 cm³/mol. The van der Waals surface area contributed by atoms with Gasteiger partial charge in [-0.3, -0.25) is 9.59 Å². The Bertz CT molecular complexity index is 1750. The average Bonchev–Trinajstić information content (AvgIpc) is 3.08.